The van der Waals surface area contributed by atoms with Crippen molar-refractivity contribution in [2.45, 2.75) is 19.3 Å². The van der Waals surface area contributed by atoms with Crippen LogP contribution in [-0.4, -0.2) is 11.1 Å². The van der Waals surface area contributed by atoms with Crippen molar-refractivity contribution in [3.63, 3.8) is 0 Å². The standard InChI is InChI=1S/C28H24N2O2/c1-16-14-18(10-12-24(16)29)28(19-11-13-25(30)17(2)15-19)23-9-4-3-6-20(23)21-7-5-8-22(26(21)28)27(31)32/h3-15H,29-30H2,1-2H3,(H,31,32). The normalized spacial score (nSPS) is 13.4. The molecule has 0 spiro atoms. The molecule has 0 fully saturated rings. The van der Waals surface area contributed by atoms with Crippen molar-refractivity contribution in [1.29, 1.82) is 0 Å². The summed E-state index contributed by atoms with van der Waals surface area (Å²) in [5.41, 5.74) is 20.9. The van der Waals surface area contributed by atoms with Crippen molar-refractivity contribution >= 4 is 17.3 Å². The molecule has 0 saturated carbocycles. The lowest BCUT2D eigenvalue weighted by Crippen LogP contribution is -2.31. The van der Waals surface area contributed by atoms with Crippen LogP contribution < -0.4 is 11.5 Å². The Kier molecular flexibility index (Phi) is 4.34. The first-order valence-electron chi connectivity index (χ1n) is 10.6. The van der Waals surface area contributed by atoms with Gasteiger partial charge in [-0.05, 0) is 76.6 Å². The quantitative estimate of drug-likeness (QED) is 0.335. The number of benzene rings is 4. The number of hydrogen-bond acceptors (Lipinski definition) is 3. The fourth-order valence-electron chi connectivity index (χ4n) is 5.12. The van der Waals surface area contributed by atoms with Gasteiger partial charge in [0.15, 0.2) is 0 Å². The van der Waals surface area contributed by atoms with Crippen LogP contribution >= 0.6 is 0 Å². The van der Waals surface area contributed by atoms with Gasteiger partial charge in [0.2, 0.25) is 0 Å². The number of nitrogen functional groups attached to an aromatic ring is 2. The maximum Gasteiger partial charge on any atom is 0.336 e. The van der Waals surface area contributed by atoms with E-state index in [1.165, 1.54) is 0 Å². The van der Waals surface area contributed by atoms with Gasteiger partial charge in [-0.15, -0.1) is 0 Å². The second-order valence-corrected chi connectivity index (χ2v) is 8.47. The van der Waals surface area contributed by atoms with Crippen LogP contribution in [0.2, 0.25) is 0 Å². The number of carbonyl (C=O) groups is 1. The highest BCUT2D eigenvalue weighted by Gasteiger charge is 2.48. The molecule has 0 amide bonds. The van der Waals surface area contributed by atoms with Crippen molar-refractivity contribution < 1.29 is 9.90 Å². The number of carboxylic acids is 1. The molecule has 0 unspecified atom stereocenters. The second kappa shape index (κ2) is 6.99. The van der Waals surface area contributed by atoms with Crippen LogP contribution in [0.5, 0.6) is 0 Å². The summed E-state index contributed by atoms with van der Waals surface area (Å²) in [6.07, 6.45) is 0. The minimum absolute atomic E-state index is 0.294. The zero-order chi connectivity index (χ0) is 22.6. The van der Waals surface area contributed by atoms with E-state index >= 15 is 0 Å². The van der Waals surface area contributed by atoms with Crippen molar-refractivity contribution in [2.75, 3.05) is 11.5 Å². The Bertz CT molecular complexity index is 1350. The third kappa shape index (κ3) is 2.59. The summed E-state index contributed by atoms with van der Waals surface area (Å²) < 4.78 is 0. The molecule has 5 rings (SSSR count). The fourth-order valence-corrected chi connectivity index (χ4v) is 5.12. The summed E-state index contributed by atoms with van der Waals surface area (Å²) in [5.74, 6) is -0.946. The summed E-state index contributed by atoms with van der Waals surface area (Å²) in [7, 11) is 0. The van der Waals surface area contributed by atoms with E-state index in [0.29, 0.717) is 16.9 Å². The molecule has 4 nitrogen and oxygen atoms in total. The van der Waals surface area contributed by atoms with Gasteiger partial charge in [0.25, 0.3) is 0 Å². The molecule has 4 aromatic carbocycles. The molecular formula is C28H24N2O2. The summed E-state index contributed by atoms with van der Waals surface area (Å²) in [6, 6.07) is 25.7. The van der Waals surface area contributed by atoms with Gasteiger partial charge in [-0.1, -0.05) is 60.7 Å². The number of fused-ring (bicyclic) bond motifs is 3. The zero-order valence-corrected chi connectivity index (χ0v) is 18.0. The Labute approximate surface area is 187 Å². The van der Waals surface area contributed by atoms with E-state index in [1.807, 2.05) is 62.4 Å². The van der Waals surface area contributed by atoms with Gasteiger partial charge in [0.1, 0.15) is 0 Å². The lowest BCUT2D eigenvalue weighted by molar-refractivity contribution is 0.0695. The van der Waals surface area contributed by atoms with Gasteiger partial charge >= 0.3 is 5.97 Å². The molecule has 0 aliphatic heterocycles. The second-order valence-electron chi connectivity index (χ2n) is 8.47. The van der Waals surface area contributed by atoms with Gasteiger partial charge in [-0.3, -0.25) is 0 Å². The lowest BCUT2D eigenvalue weighted by atomic mass is 9.66. The first kappa shape index (κ1) is 19.9. The first-order valence-corrected chi connectivity index (χ1v) is 10.6. The molecule has 0 saturated heterocycles. The highest BCUT2D eigenvalue weighted by Crippen LogP contribution is 2.57. The molecule has 0 bridgehead atoms. The number of anilines is 2. The Hall–Kier alpha value is -4.05. The molecule has 4 heteroatoms. The summed E-state index contributed by atoms with van der Waals surface area (Å²) in [5, 5.41) is 10.2. The van der Waals surface area contributed by atoms with E-state index in [-0.39, 0.29) is 0 Å². The maximum atomic E-state index is 12.5. The topological polar surface area (TPSA) is 89.3 Å². The van der Waals surface area contributed by atoms with E-state index in [9.17, 15) is 9.90 Å². The summed E-state index contributed by atoms with van der Waals surface area (Å²) >= 11 is 0. The Morgan fingerprint density at radius 1 is 0.750 bits per heavy atom. The Morgan fingerprint density at radius 2 is 1.31 bits per heavy atom. The minimum Gasteiger partial charge on any atom is -0.478 e. The molecule has 0 radical (unpaired) electrons. The van der Waals surface area contributed by atoms with Gasteiger partial charge in [-0.2, -0.15) is 0 Å². The largest absolute Gasteiger partial charge is 0.478 e. The first-order chi connectivity index (χ1) is 15.4. The van der Waals surface area contributed by atoms with Crippen molar-refractivity contribution in [3.05, 3.63) is 118 Å². The van der Waals surface area contributed by atoms with Crippen LogP contribution in [0, 0.1) is 13.8 Å². The Morgan fingerprint density at radius 3 is 1.88 bits per heavy atom. The molecule has 1 aliphatic rings. The minimum atomic E-state index is -0.946. The predicted molar refractivity (Wildman–Crippen MR) is 129 cm³/mol. The van der Waals surface area contributed by atoms with E-state index in [2.05, 4.69) is 24.3 Å². The number of nitrogens with two attached hydrogens (primary N) is 2. The van der Waals surface area contributed by atoms with Crippen LogP contribution in [0.1, 0.15) is 43.7 Å². The number of hydrogen-bond donors (Lipinski definition) is 3. The molecule has 158 valence electrons. The molecule has 1 aliphatic carbocycles. The number of aromatic carboxylic acids is 1. The number of aryl methyl sites for hydroxylation is 2. The molecule has 0 aromatic heterocycles. The zero-order valence-electron chi connectivity index (χ0n) is 18.0. The van der Waals surface area contributed by atoms with E-state index in [0.717, 1.165) is 44.5 Å². The lowest BCUT2D eigenvalue weighted by Gasteiger charge is -2.35. The van der Waals surface area contributed by atoms with Crippen molar-refractivity contribution in [2.24, 2.45) is 0 Å². The predicted octanol–water partition coefficient (Wildman–Crippen LogP) is 5.53. The smallest absolute Gasteiger partial charge is 0.336 e. The fraction of sp³-hybridized carbons (Fsp3) is 0.107. The third-order valence-corrected chi connectivity index (χ3v) is 6.70. The molecule has 0 heterocycles. The molecular weight excluding hydrogens is 396 g/mol. The molecule has 4 aromatic rings. The van der Waals surface area contributed by atoms with Crippen LogP contribution in [0.25, 0.3) is 11.1 Å². The molecule has 5 N–H and O–H groups in total. The average Bonchev–Trinajstić information content (AvgIpc) is 3.09. The highest BCUT2D eigenvalue weighted by molar-refractivity contribution is 5.98. The maximum absolute atomic E-state index is 12.5. The summed E-state index contributed by atoms with van der Waals surface area (Å²) in [4.78, 5) is 12.5. The SMILES string of the molecule is Cc1cc(C2(c3ccc(N)c(C)c3)c3ccccc3-c3cccc(C(=O)O)c32)ccc1N. The monoisotopic (exact) mass is 420 g/mol. The molecule has 0 atom stereocenters. The van der Waals surface area contributed by atoms with Crippen LogP contribution in [0.3, 0.4) is 0 Å². The number of rotatable bonds is 3. The molecule has 32 heavy (non-hydrogen) atoms. The van der Waals surface area contributed by atoms with E-state index in [4.69, 9.17) is 11.5 Å². The average molecular weight is 421 g/mol. The van der Waals surface area contributed by atoms with Gasteiger partial charge in [0, 0.05) is 11.4 Å². The summed E-state index contributed by atoms with van der Waals surface area (Å²) in [6.45, 7) is 3.96. The van der Waals surface area contributed by atoms with Crippen molar-refractivity contribution in [3.8, 4) is 11.1 Å². The van der Waals surface area contributed by atoms with E-state index < -0.39 is 11.4 Å². The van der Waals surface area contributed by atoms with Gasteiger partial charge in [0.05, 0.1) is 11.0 Å². The third-order valence-electron chi connectivity index (χ3n) is 6.70. The number of carboxylic acid groups (broad SMARTS) is 1. The van der Waals surface area contributed by atoms with Crippen LogP contribution in [-0.2, 0) is 5.41 Å². The van der Waals surface area contributed by atoms with Crippen LogP contribution in [0.15, 0.2) is 78.9 Å². The highest BCUT2D eigenvalue weighted by atomic mass is 16.4. The van der Waals surface area contributed by atoms with Crippen LogP contribution in [0.4, 0.5) is 11.4 Å². The van der Waals surface area contributed by atoms with Crippen molar-refractivity contribution in [1.82, 2.24) is 0 Å². The van der Waals surface area contributed by atoms with E-state index in [1.54, 1.807) is 6.07 Å². The van der Waals surface area contributed by atoms with Gasteiger partial charge < -0.3 is 16.6 Å². The van der Waals surface area contributed by atoms with Gasteiger partial charge in [-0.25, -0.2) is 4.79 Å². The Balaban J connectivity index is 2.03.